The highest BCUT2D eigenvalue weighted by Gasteiger charge is 2.16. The summed E-state index contributed by atoms with van der Waals surface area (Å²) in [4.78, 5) is 11.4. The summed E-state index contributed by atoms with van der Waals surface area (Å²) in [6.45, 7) is 2.06. The van der Waals surface area contributed by atoms with Crippen LogP contribution in [0.1, 0.15) is 18.1 Å². The number of aryl methyl sites for hydroxylation is 1. The molecule has 5 nitrogen and oxygen atoms in total. The Kier molecular flexibility index (Phi) is 6.79. The molecule has 0 unspecified atom stereocenters. The number of carbonyl (C=O) groups is 1. The minimum absolute atomic E-state index is 0.0673. The van der Waals surface area contributed by atoms with Crippen LogP contribution in [0.15, 0.2) is 30.3 Å². The van der Waals surface area contributed by atoms with E-state index in [0.717, 1.165) is 12.0 Å². The maximum absolute atomic E-state index is 11.4. The van der Waals surface area contributed by atoms with E-state index in [9.17, 15) is 4.79 Å². The Morgan fingerprint density at radius 3 is 2.40 bits per heavy atom. The predicted octanol–water partition coefficient (Wildman–Crippen LogP) is 5.29. The van der Waals surface area contributed by atoms with Crippen LogP contribution in [0.5, 0.6) is 17.2 Å². The normalized spacial score (nSPS) is 10.3. The van der Waals surface area contributed by atoms with Crippen LogP contribution in [0.3, 0.4) is 0 Å². The third-order valence-corrected chi connectivity index (χ3v) is 4.17. The zero-order valence-electron chi connectivity index (χ0n) is 14.1. The number of rotatable bonds is 6. The number of methoxy groups -OCH3 is 2. The van der Waals surface area contributed by atoms with Crippen LogP contribution < -0.4 is 14.2 Å². The molecule has 2 aromatic rings. The minimum atomic E-state index is -0.831. The van der Waals surface area contributed by atoms with Gasteiger partial charge in [0.1, 0.15) is 23.9 Å². The largest absolute Gasteiger partial charge is 0.513 e. The number of benzene rings is 2. The van der Waals surface area contributed by atoms with Crippen molar-refractivity contribution in [3.05, 3.63) is 51.5 Å². The lowest BCUT2D eigenvalue weighted by atomic mass is 10.1. The summed E-state index contributed by atoms with van der Waals surface area (Å²) in [6.07, 6.45) is -0.0643. The molecule has 0 heterocycles. The molecule has 0 aliphatic carbocycles. The van der Waals surface area contributed by atoms with Gasteiger partial charge >= 0.3 is 6.16 Å². The van der Waals surface area contributed by atoms with Gasteiger partial charge in [-0.2, -0.15) is 0 Å². The maximum atomic E-state index is 11.4. The monoisotopic (exact) mass is 384 g/mol. The number of halogens is 2. The summed E-state index contributed by atoms with van der Waals surface area (Å²) < 4.78 is 20.7. The molecule has 0 aliphatic rings. The van der Waals surface area contributed by atoms with E-state index in [1.807, 2.05) is 6.92 Å². The second-order valence-corrected chi connectivity index (χ2v) is 5.82. The Bertz CT molecular complexity index is 761. The summed E-state index contributed by atoms with van der Waals surface area (Å²) in [5, 5.41) is 1.03. The lowest BCUT2D eigenvalue weighted by molar-refractivity contribution is 0.120. The standard InChI is InChI=1S/C18H18Cl2O5/c1-4-11-8-14(20)17(9-13(11)19)24-10-12-15(22-2)6-5-7-16(12)25-18(21)23-3/h5-9H,4,10H2,1-3H3. The average molecular weight is 385 g/mol. The zero-order valence-corrected chi connectivity index (χ0v) is 15.6. The lowest BCUT2D eigenvalue weighted by Gasteiger charge is -2.15. The molecule has 0 spiro atoms. The van der Waals surface area contributed by atoms with Crippen molar-refractivity contribution in [3.63, 3.8) is 0 Å². The molecule has 2 rings (SSSR count). The van der Waals surface area contributed by atoms with Gasteiger partial charge < -0.3 is 18.9 Å². The first-order chi connectivity index (χ1) is 12.0. The predicted molar refractivity (Wildman–Crippen MR) is 96.2 cm³/mol. The molecule has 0 atom stereocenters. The van der Waals surface area contributed by atoms with Crippen LogP contribution >= 0.6 is 23.2 Å². The third-order valence-electron chi connectivity index (χ3n) is 3.52. The number of hydrogen-bond donors (Lipinski definition) is 0. The number of ether oxygens (including phenoxy) is 4. The summed E-state index contributed by atoms with van der Waals surface area (Å²) >= 11 is 12.5. The van der Waals surface area contributed by atoms with Gasteiger partial charge in [0.15, 0.2) is 0 Å². The van der Waals surface area contributed by atoms with Gasteiger partial charge in [0.25, 0.3) is 0 Å². The summed E-state index contributed by atoms with van der Waals surface area (Å²) in [5.41, 5.74) is 1.48. The first kappa shape index (κ1) is 19.2. The Morgan fingerprint density at radius 1 is 1.04 bits per heavy atom. The van der Waals surface area contributed by atoms with E-state index >= 15 is 0 Å². The van der Waals surface area contributed by atoms with Crippen molar-refractivity contribution < 1.29 is 23.7 Å². The molecule has 7 heteroatoms. The fraction of sp³-hybridized carbons (Fsp3) is 0.278. The highest BCUT2D eigenvalue weighted by molar-refractivity contribution is 6.34. The molecule has 0 aromatic heterocycles. The maximum Gasteiger partial charge on any atom is 0.513 e. The fourth-order valence-electron chi connectivity index (χ4n) is 2.21. The quantitative estimate of drug-likeness (QED) is 0.500. The molecule has 2 aromatic carbocycles. The highest BCUT2D eigenvalue weighted by Crippen LogP contribution is 2.34. The van der Waals surface area contributed by atoms with Crippen molar-refractivity contribution in [2.24, 2.45) is 0 Å². The molecular weight excluding hydrogens is 367 g/mol. The molecule has 0 amide bonds. The molecule has 0 saturated carbocycles. The van der Waals surface area contributed by atoms with Gasteiger partial charge in [-0.15, -0.1) is 0 Å². The van der Waals surface area contributed by atoms with Crippen LogP contribution in [0.4, 0.5) is 4.79 Å². The molecule has 0 aliphatic heterocycles. The molecule has 25 heavy (non-hydrogen) atoms. The first-order valence-corrected chi connectivity index (χ1v) is 8.28. The van der Waals surface area contributed by atoms with Crippen molar-refractivity contribution in [1.29, 1.82) is 0 Å². The van der Waals surface area contributed by atoms with Gasteiger partial charge in [0.2, 0.25) is 0 Å². The van der Waals surface area contributed by atoms with Crippen molar-refractivity contribution in [3.8, 4) is 17.2 Å². The average Bonchev–Trinajstić information content (AvgIpc) is 2.62. The second-order valence-electron chi connectivity index (χ2n) is 5.01. The Balaban J connectivity index is 2.28. The Hall–Kier alpha value is -2.11. The van der Waals surface area contributed by atoms with E-state index in [-0.39, 0.29) is 12.4 Å². The Labute approximate surface area is 156 Å². The first-order valence-electron chi connectivity index (χ1n) is 7.52. The van der Waals surface area contributed by atoms with Gasteiger partial charge in [0.05, 0.1) is 24.8 Å². The molecule has 0 fully saturated rings. The van der Waals surface area contributed by atoms with Gasteiger partial charge in [-0.25, -0.2) is 4.79 Å². The van der Waals surface area contributed by atoms with Gasteiger partial charge in [0, 0.05) is 11.1 Å². The zero-order chi connectivity index (χ0) is 18.4. The van der Waals surface area contributed by atoms with Crippen molar-refractivity contribution in [2.75, 3.05) is 14.2 Å². The van der Waals surface area contributed by atoms with E-state index in [1.165, 1.54) is 14.2 Å². The summed E-state index contributed by atoms with van der Waals surface area (Å²) in [6, 6.07) is 8.48. The second kappa shape index (κ2) is 8.83. The minimum Gasteiger partial charge on any atom is -0.496 e. The van der Waals surface area contributed by atoms with E-state index < -0.39 is 6.16 Å². The van der Waals surface area contributed by atoms with Crippen LogP contribution in [0.2, 0.25) is 10.0 Å². The molecule has 0 bridgehead atoms. The Morgan fingerprint density at radius 2 is 1.76 bits per heavy atom. The van der Waals surface area contributed by atoms with Crippen LogP contribution in [0.25, 0.3) is 0 Å². The number of carbonyl (C=O) groups excluding carboxylic acids is 1. The van der Waals surface area contributed by atoms with Crippen molar-refractivity contribution >= 4 is 29.4 Å². The van der Waals surface area contributed by atoms with Gasteiger partial charge in [-0.1, -0.05) is 36.2 Å². The molecule has 0 saturated heterocycles. The van der Waals surface area contributed by atoms with Crippen LogP contribution in [-0.2, 0) is 17.8 Å². The fourth-order valence-corrected chi connectivity index (χ4v) is 2.74. The lowest BCUT2D eigenvalue weighted by Crippen LogP contribution is -2.10. The third kappa shape index (κ3) is 4.71. The summed E-state index contributed by atoms with van der Waals surface area (Å²) in [7, 11) is 2.75. The van der Waals surface area contributed by atoms with E-state index in [1.54, 1.807) is 30.3 Å². The van der Waals surface area contributed by atoms with E-state index in [4.69, 9.17) is 37.4 Å². The molecule has 0 N–H and O–H groups in total. The van der Waals surface area contributed by atoms with Gasteiger partial charge in [-0.05, 0) is 30.2 Å². The topological polar surface area (TPSA) is 54.0 Å². The van der Waals surface area contributed by atoms with Gasteiger partial charge in [-0.3, -0.25) is 0 Å². The number of hydrogen-bond acceptors (Lipinski definition) is 5. The SMILES string of the molecule is CCc1cc(Cl)c(OCc2c(OC)cccc2OC(=O)OC)cc1Cl. The molecule has 0 radical (unpaired) electrons. The van der Waals surface area contributed by atoms with Crippen molar-refractivity contribution in [1.82, 2.24) is 0 Å². The smallest absolute Gasteiger partial charge is 0.496 e. The molecule has 134 valence electrons. The summed E-state index contributed by atoms with van der Waals surface area (Å²) in [5.74, 6) is 1.21. The van der Waals surface area contributed by atoms with Crippen LogP contribution in [-0.4, -0.2) is 20.4 Å². The van der Waals surface area contributed by atoms with Crippen molar-refractivity contribution in [2.45, 2.75) is 20.0 Å². The van der Waals surface area contributed by atoms with Crippen LogP contribution in [0, 0.1) is 0 Å². The van der Waals surface area contributed by atoms with E-state index in [0.29, 0.717) is 27.1 Å². The molecular formula is C18H18Cl2O5. The highest BCUT2D eigenvalue weighted by atomic mass is 35.5. The van der Waals surface area contributed by atoms with E-state index in [2.05, 4.69) is 4.74 Å².